The summed E-state index contributed by atoms with van der Waals surface area (Å²) in [4.78, 5) is 28.3. The maximum Gasteiger partial charge on any atom is 0.264 e. The molecule has 0 heterocycles. The largest absolute Gasteiger partial charge is 0.495 e. The van der Waals surface area contributed by atoms with Gasteiger partial charge in [-0.2, -0.15) is 0 Å². The number of sulfonamides is 1. The van der Waals surface area contributed by atoms with Crippen LogP contribution in [0.25, 0.3) is 0 Å². The van der Waals surface area contributed by atoms with E-state index in [0.717, 1.165) is 22.7 Å². The fraction of sp³-hybridized carbons (Fsp3) is 0.333. The van der Waals surface area contributed by atoms with Crippen molar-refractivity contribution in [3.63, 3.8) is 0 Å². The van der Waals surface area contributed by atoms with Crippen molar-refractivity contribution in [1.29, 1.82) is 0 Å². The molecule has 10 heteroatoms. The molecule has 0 aliphatic heterocycles. The third kappa shape index (κ3) is 7.99. The molecular weight excluding hydrogens is 550 g/mol. The summed E-state index contributed by atoms with van der Waals surface area (Å²) in [5, 5.41) is 3.08. The third-order valence-corrected chi connectivity index (χ3v) is 8.60. The summed E-state index contributed by atoms with van der Waals surface area (Å²) in [6.07, 6.45) is 2.23. The summed E-state index contributed by atoms with van der Waals surface area (Å²) >= 11 is 6.34. The topological polar surface area (TPSA) is 96.0 Å². The van der Waals surface area contributed by atoms with Crippen LogP contribution in [0.1, 0.15) is 32.3 Å². The Morgan fingerprint density at radius 1 is 1.00 bits per heavy atom. The van der Waals surface area contributed by atoms with Crippen molar-refractivity contribution in [2.24, 2.45) is 0 Å². The number of methoxy groups -OCH3 is 1. The minimum Gasteiger partial charge on any atom is -0.495 e. The molecule has 0 spiro atoms. The fourth-order valence-corrected chi connectivity index (χ4v) is 5.84. The number of nitrogens with one attached hydrogen (secondary N) is 1. The van der Waals surface area contributed by atoms with E-state index in [-0.39, 0.29) is 28.1 Å². The number of hydrogen-bond donors (Lipinski definition) is 1. The van der Waals surface area contributed by atoms with E-state index in [9.17, 15) is 18.0 Å². The highest BCUT2D eigenvalue weighted by molar-refractivity contribution is 7.92. The van der Waals surface area contributed by atoms with Crippen molar-refractivity contribution in [2.45, 2.75) is 44.0 Å². The SMILES string of the molecule is CCCCNC(=O)[C@H](C)N(CCc1ccccc1)C(=O)CN(c1ccc(OC)c(Cl)c1)S(=O)(=O)c1ccccc1. The normalized spacial score (nSPS) is 11.9. The minimum absolute atomic E-state index is 0.0240. The Morgan fingerprint density at radius 2 is 1.65 bits per heavy atom. The summed E-state index contributed by atoms with van der Waals surface area (Å²) in [7, 11) is -2.71. The van der Waals surface area contributed by atoms with Gasteiger partial charge >= 0.3 is 0 Å². The van der Waals surface area contributed by atoms with Gasteiger partial charge in [0, 0.05) is 13.1 Å². The summed E-state index contributed by atoms with van der Waals surface area (Å²) in [6.45, 7) is 3.89. The van der Waals surface area contributed by atoms with Crippen LogP contribution in [0.2, 0.25) is 5.02 Å². The van der Waals surface area contributed by atoms with Gasteiger partial charge in [-0.25, -0.2) is 8.42 Å². The monoisotopic (exact) mass is 585 g/mol. The van der Waals surface area contributed by atoms with Crippen LogP contribution in [0.4, 0.5) is 5.69 Å². The molecule has 0 saturated heterocycles. The second-order valence-corrected chi connectivity index (χ2v) is 11.6. The van der Waals surface area contributed by atoms with Gasteiger partial charge in [0.05, 0.1) is 22.7 Å². The number of anilines is 1. The molecule has 0 aliphatic rings. The Morgan fingerprint density at radius 3 is 2.25 bits per heavy atom. The average molecular weight is 586 g/mol. The van der Waals surface area contributed by atoms with E-state index in [1.165, 1.54) is 36.3 Å². The van der Waals surface area contributed by atoms with Gasteiger partial charge < -0.3 is 15.0 Å². The maximum atomic E-state index is 13.9. The zero-order valence-electron chi connectivity index (χ0n) is 23.0. The number of benzene rings is 3. The van der Waals surface area contributed by atoms with Gasteiger partial charge in [-0.1, -0.05) is 73.5 Å². The number of carbonyl (C=O) groups is 2. The van der Waals surface area contributed by atoms with Crippen LogP contribution in [-0.4, -0.2) is 57.9 Å². The molecular formula is C30H36ClN3O5S. The molecule has 1 atom stereocenters. The molecule has 3 aromatic carbocycles. The molecule has 0 fully saturated rings. The van der Waals surface area contributed by atoms with Gasteiger partial charge in [-0.3, -0.25) is 13.9 Å². The van der Waals surface area contributed by atoms with E-state index >= 15 is 0 Å². The first-order valence-electron chi connectivity index (χ1n) is 13.2. The van der Waals surface area contributed by atoms with E-state index in [1.54, 1.807) is 31.2 Å². The smallest absolute Gasteiger partial charge is 0.264 e. The molecule has 8 nitrogen and oxygen atoms in total. The van der Waals surface area contributed by atoms with E-state index in [0.29, 0.717) is 18.7 Å². The van der Waals surface area contributed by atoms with Gasteiger partial charge in [-0.15, -0.1) is 0 Å². The highest BCUT2D eigenvalue weighted by Crippen LogP contribution is 2.32. The summed E-state index contributed by atoms with van der Waals surface area (Å²) in [5.41, 5.74) is 1.20. The van der Waals surface area contributed by atoms with Gasteiger partial charge in [0.1, 0.15) is 18.3 Å². The standard InChI is InChI=1S/C30H36ClN3O5S/c1-4-5-19-32-30(36)23(2)33(20-18-24-12-8-6-9-13-24)29(35)22-34(25-16-17-28(39-3)27(31)21-25)40(37,38)26-14-10-7-11-15-26/h6-17,21,23H,4-5,18-20,22H2,1-3H3,(H,32,36)/t23-/m0/s1. The number of halogens is 1. The predicted octanol–water partition coefficient (Wildman–Crippen LogP) is 4.92. The number of hydrogen-bond acceptors (Lipinski definition) is 5. The molecule has 0 aliphatic carbocycles. The number of ether oxygens (including phenoxy) is 1. The van der Waals surface area contributed by atoms with Crippen LogP contribution < -0.4 is 14.4 Å². The number of unbranched alkanes of at least 4 members (excludes halogenated alkanes) is 1. The molecule has 0 aromatic heterocycles. The number of carbonyl (C=O) groups excluding carboxylic acids is 2. The highest BCUT2D eigenvalue weighted by Gasteiger charge is 2.32. The Labute approximate surface area is 241 Å². The number of rotatable bonds is 14. The average Bonchev–Trinajstić information content (AvgIpc) is 2.96. The second-order valence-electron chi connectivity index (χ2n) is 9.29. The van der Waals surface area contributed by atoms with Crippen LogP contribution in [0, 0.1) is 0 Å². The van der Waals surface area contributed by atoms with Crippen LogP contribution in [0.5, 0.6) is 5.75 Å². The quantitative estimate of drug-likeness (QED) is 0.271. The zero-order chi connectivity index (χ0) is 29.1. The highest BCUT2D eigenvalue weighted by atomic mass is 35.5. The van der Waals surface area contributed by atoms with Crippen LogP contribution in [-0.2, 0) is 26.0 Å². The molecule has 2 amide bonds. The fourth-order valence-electron chi connectivity index (χ4n) is 4.17. The van der Waals surface area contributed by atoms with Gasteiger partial charge in [0.2, 0.25) is 11.8 Å². The van der Waals surface area contributed by atoms with Crippen LogP contribution in [0.15, 0.2) is 83.8 Å². The van der Waals surface area contributed by atoms with Crippen molar-refractivity contribution in [1.82, 2.24) is 10.2 Å². The molecule has 0 unspecified atom stereocenters. The van der Waals surface area contributed by atoms with Gasteiger partial charge in [0.15, 0.2) is 0 Å². The van der Waals surface area contributed by atoms with Crippen molar-refractivity contribution < 1.29 is 22.7 Å². The number of amides is 2. The van der Waals surface area contributed by atoms with Crippen LogP contribution in [0.3, 0.4) is 0 Å². The molecule has 214 valence electrons. The van der Waals surface area contributed by atoms with Gasteiger partial charge in [-0.05, 0) is 55.7 Å². The molecule has 1 N–H and O–H groups in total. The van der Waals surface area contributed by atoms with Crippen LogP contribution >= 0.6 is 11.6 Å². The summed E-state index contributed by atoms with van der Waals surface area (Å²) in [6, 6.07) is 21.2. The Bertz CT molecular complexity index is 1370. The van der Waals surface area contributed by atoms with E-state index in [1.807, 2.05) is 37.3 Å². The zero-order valence-corrected chi connectivity index (χ0v) is 24.6. The lowest BCUT2D eigenvalue weighted by molar-refractivity contribution is -0.138. The predicted molar refractivity (Wildman–Crippen MR) is 158 cm³/mol. The van der Waals surface area contributed by atoms with Crippen molar-refractivity contribution >= 4 is 39.1 Å². The van der Waals surface area contributed by atoms with Crippen molar-refractivity contribution in [3.8, 4) is 5.75 Å². The van der Waals surface area contributed by atoms with Crippen molar-refractivity contribution in [2.75, 3.05) is 31.0 Å². The summed E-state index contributed by atoms with van der Waals surface area (Å²) < 4.78 is 33.9. The molecule has 0 bridgehead atoms. The first-order chi connectivity index (χ1) is 19.2. The molecule has 3 aromatic rings. The maximum absolute atomic E-state index is 13.9. The van der Waals surface area contributed by atoms with Gasteiger partial charge in [0.25, 0.3) is 10.0 Å². The lowest BCUT2D eigenvalue weighted by Gasteiger charge is -2.32. The van der Waals surface area contributed by atoms with E-state index in [4.69, 9.17) is 16.3 Å². The minimum atomic E-state index is -4.16. The molecule has 40 heavy (non-hydrogen) atoms. The lowest BCUT2D eigenvalue weighted by Crippen LogP contribution is -2.52. The lowest BCUT2D eigenvalue weighted by atomic mass is 10.1. The molecule has 0 radical (unpaired) electrons. The first-order valence-corrected chi connectivity index (χ1v) is 15.0. The van der Waals surface area contributed by atoms with E-state index in [2.05, 4.69) is 5.32 Å². The Balaban J connectivity index is 1.97. The second kappa shape index (κ2) is 14.7. The Hall–Kier alpha value is -3.56. The van der Waals surface area contributed by atoms with Crippen molar-refractivity contribution in [3.05, 3.63) is 89.4 Å². The third-order valence-electron chi connectivity index (χ3n) is 6.51. The first kappa shape index (κ1) is 31.0. The summed E-state index contributed by atoms with van der Waals surface area (Å²) in [5.74, 6) is -0.434. The Kier molecular flexibility index (Phi) is 11.4. The molecule has 0 saturated carbocycles. The number of nitrogens with zero attached hydrogens (tertiary/aromatic N) is 2. The van der Waals surface area contributed by atoms with E-state index < -0.39 is 28.5 Å². The molecule has 3 rings (SSSR count).